The Morgan fingerprint density at radius 1 is 1.37 bits per heavy atom. The maximum atomic E-state index is 5.14. The van der Waals surface area contributed by atoms with Gasteiger partial charge < -0.3 is 14.6 Å². The molecule has 0 bridgehead atoms. The molecule has 0 spiro atoms. The standard InChI is InChI=1S/C13H19N5O/c1-4-5-14-11-8-10(9-19-3)16-12(17-11)13-15-6-7-18(13)2/h6-8H,4-5,9H2,1-3H3,(H,14,16,17). The normalized spacial score (nSPS) is 10.7. The lowest BCUT2D eigenvalue weighted by Crippen LogP contribution is -2.07. The molecule has 0 aliphatic rings. The average molecular weight is 261 g/mol. The first-order valence-electron chi connectivity index (χ1n) is 6.33. The van der Waals surface area contributed by atoms with E-state index in [9.17, 15) is 0 Å². The number of hydrogen-bond acceptors (Lipinski definition) is 5. The first kappa shape index (κ1) is 13.5. The summed E-state index contributed by atoms with van der Waals surface area (Å²) < 4.78 is 7.04. The van der Waals surface area contributed by atoms with Gasteiger partial charge in [0.2, 0.25) is 0 Å². The van der Waals surface area contributed by atoms with Crippen molar-refractivity contribution in [1.29, 1.82) is 0 Å². The lowest BCUT2D eigenvalue weighted by atomic mass is 10.3. The highest BCUT2D eigenvalue weighted by molar-refractivity contribution is 5.49. The van der Waals surface area contributed by atoms with E-state index in [1.807, 2.05) is 23.9 Å². The summed E-state index contributed by atoms with van der Waals surface area (Å²) in [5.41, 5.74) is 0.842. The molecule has 2 aromatic heterocycles. The Hall–Kier alpha value is -1.95. The Bertz CT molecular complexity index is 538. The van der Waals surface area contributed by atoms with Gasteiger partial charge in [0.15, 0.2) is 11.6 Å². The van der Waals surface area contributed by atoms with Crippen LogP contribution in [0, 0.1) is 0 Å². The third-order valence-corrected chi connectivity index (χ3v) is 2.65. The predicted molar refractivity (Wildman–Crippen MR) is 73.7 cm³/mol. The lowest BCUT2D eigenvalue weighted by molar-refractivity contribution is 0.181. The van der Waals surface area contributed by atoms with Gasteiger partial charge in [-0.25, -0.2) is 15.0 Å². The highest BCUT2D eigenvalue weighted by Crippen LogP contribution is 2.16. The minimum Gasteiger partial charge on any atom is -0.378 e. The number of hydrogen-bond donors (Lipinski definition) is 1. The SMILES string of the molecule is CCCNc1cc(COC)nc(-c2nccn2C)n1. The second-order valence-corrected chi connectivity index (χ2v) is 4.29. The number of anilines is 1. The minimum atomic E-state index is 0.459. The van der Waals surface area contributed by atoms with Crippen molar-refractivity contribution >= 4 is 5.82 Å². The van der Waals surface area contributed by atoms with Crippen molar-refractivity contribution in [3.05, 3.63) is 24.2 Å². The van der Waals surface area contributed by atoms with Crippen LogP contribution >= 0.6 is 0 Å². The van der Waals surface area contributed by atoms with Crippen molar-refractivity contribution in [1.82, 2.24) is 19.5 Å². The van der Waals surface area contributed by atoms with Crippen LogP contribution in [0.3, 0.4) is 0 Å². The van der Waals surface area contributed by atoms with Crippen molar-refractivity contribution in [2.75, 3.05) is 19.0 Å². The molecule has 2 aromatic rings. The van der Waals surface area contributed by atoms with Gasteiger partial charge in [0.1, 0.15) is 5.82 Å². The van der Waals surface area contributed by atoms with Crippen LogP contribution in [0.4, 0.5) is 5.82 Å². The van der Waals surface area contributed by atoms with Gasteiger partial charge in [-0.2, -0.15) is 0 Å². The van der Waals surface area contributed by atoms with E-state index in [2.05, 4.69) is 27.2 Å². The molecule has 0 saturated heterocycles. The fourth-order valence-corrected chi connectivity index (χ4v) is 1.74. The third kappa shape index (κ3) is 3.29. The number of aryl methyl sites for hydroxylation is 1. The van der Waals surface area contributed by atoms with Gasteiger partial charge in [0, 0.05) is 39.2 Å². The zero-order chi connectivity index (χ0) is 13.7. The quantitative estimate of drug-likeness (QED) is 0.859. The Morgan fingerprint density at radius 2 is 2.21 bits per heavy atom. The maximum Gasteiger partial charge on any atom is 0.198 e. The maximum absolute atomic E-state index is 5.14. The van der Waals surface area contributed by atoms with Gasteiger partial charge in [0.05, 0.1) is 12.3 Å². The molecule has 0 amide bonds. The summed E-state index contributed by atoms with van der Waals surface area (Å²) in [5.74, 6) is 2.17. The van der Waals surface area contributed by atoms with Crippen LogP contribution in [0.2, 0.25) is 0 Å². The summed E-state index contributed by atoms with van der Waals surface area (Å²) in [6, 6.07) is 1.91. The van der Waals surface area contributed by atoms with Crippen LogP contribution in [0.5, 0.6) is 0 Å². The van der Waals surface area contributed by atoms with Gasteiger partial charge in [-0.1, -0.05) is 6.92 Å². The first-order chi connectivity index (χ1) is 9.24. The molecule has 102 valence electrons. The number of nitrogens with zero attached hydrogens (tertiary/aromatic N) is 4. The molecule has 0 aliphatic carbocycles. The Balaban J connectivity index is 2.36. The summed E-state index contributed by atoms with van der Waals surface area (Å²) in [6.07, 6.45) is 4.66. The van der Waals surface area contributed by atoms with E-state index in [0.717, 1.165) is 30.3 Å². The van der Waals surface area contributed by atoms with Crippen LogP contribution in [0.25, 0.3) is 11.6 Å². The molecule has 0 saturated carbocycles. The number of imidazole rings is 1. The minimum absolute atomic E-state index is 0.459. The highest BCUT2D eigenvalue weighted by atomic mass is 16.5. The molecule has 0 radical (unpaired) electrons. The summed E-state index contributed by atoms with van der Waals surface area (Å²) in [5, 5.41) is 3.27. The van der Waals surface area contributed by atoms with E-state index < -0.39 is 0 Å². The fraction of sp³-hybridized carbons (Fsp3) is 0.462. The molecule has 2 rings (SSSR count). The molecule has 0 aliphatic heterocycles. The predicted octanol–water partition coefficient (Wildman–Crippen LogP) is 1.85. The third-order valence-electron chi connectivity index (χ3n) is 2.65. The van der Waals surface area contributed by atoms with Crippen LogP contribution in [-0.4, -0.2) is 33.2 Å². The Kier molecular flexibility index (Phi) is 4.46. The van der Waals surface area contributed by atoms with Crippen LogP contribution < -0.4 is 5.32 Å². The molecule has 1 N–H and O–H groups in total. The summed E-state index contributed by atoms with van der Waals surface area (Å²) in [6.45, 7) is 3.45. The fourth-order valence-electron chi connectivity index (χ4n) is 1.74. The second kappa shape index (κ2) is 6.29. The number of ether oxygens (including phenoxy) is 1. The smallest absolute Gasteiger partial charge is 0.198 e. The zero-order valence-corrected chi connectivity index (χ0v) is 11.6. The van der Waals surface area contributed by atoms with E-state index in [0.29, 0.717) is 12.4 Å². The molecule has 6 heteroatoms. The van der Waals surface area contributed by atoms with E-state index in [1.54, 1.807) is 13.3 Å². The van der Waals surface area contributed by atoms with Gasteiger partial charge in [-0.05, 0) is 6.42 Å². The molecule has 19 heavy (non-hydrogen) atoms. The van der Waals surface area contributed by atoms with Gasteiger partial charge in [-0.3, -0.25) is 0 Å². The number of nitrogens with one attached hydrogen (secondary N) is 1. The van der Waals surface area contributed by atoms with Gasteiger partial charge >= 0.3 is 0 Å². The summed E-state index contributed by atoms with van der Waals surface area (Å²) in [4.78, 5) is 13.2. The van der Waals surface area contributed by atoms with Crippen molar-refractivity contribution in [2.24, 2.45) is 7.05 Å². The second-order valence-electron chi connectivity index (χ2n) is 4.29. The molecule has 0 unspecified atom stereocenters. The molecule has 2 heterocycles. The molecule has 0 fully saturated rings. The topological polar surface area (TPSA) is 64.9 Å². The molecule has 6 nitrogen and oxygen atoms in total. The Labute approximate surface area is 112 Å². The number of rotatable bonds is 6. The van der Waals surface area contributed by atoms with Crippen LogP contribution in [-0.2, 0) is 18.4 Å². The zero-order valence-electron chi connectivity index (χ0n) is 11.6. The first-order valence-corrected chi connectivity index (χ1v) is 6.33. The Morgan fingerprint density at radius 3 is 2.84 bits per heavy atom. The van der Waals surface area contributed by atoms with Crippen molar-refractivity contribution in [2.45, 2.75) is 20.0 Å². The highest BCUT2D eigenvalue weighted by Gasteiger charge is 2.10. The van der Waals surface area contributed by atoms with E-state index in [-0.39, 0.29) is 0 Å². The number of methoxy groups -OCH3 is 1. The van der Waals surface area contributed by atoms with Gasteiger partial charge in [-0.15, -0.1) is 0 Å². The van der Waals surface area contributed by atoms with E-state index >= 15 is 0 Å². The lowest BCUT2D eigenvalue weighted by Gasteiger charge is -2.09. The average Bonchev–Trinajstić information content (AvgIpc) is 2.83. The molecular formula is C13H19N5O. The van der Waals surface area contributed by atoms with Crippen molar-refractivity contribution in [3.8, 4) is 11.6 Å². The molecular weight excluding hydrogens is 242 g/mol. The summed E-state index contributed by atoms with van der Waals surface area (Å²) in [7, 11) is 3.58. The van der Waals surface area contributed by atoms with Crippen molar-refractivity contribution in [3.63, 3.8) is 0 Å². The largest absolute Gasteiger partial charge is 0.378 e. The molecule has 0 atom stereocenters. The van der Waals surface area contributed by atoms with Gasteiger partial charge in [0.25, 0.3) is 0 Å². The van der Waals surface area contributed by atoms with E-state index in [1.165, 1.54) is 0 Å². The molecule has 0 aromatic carbocycles. The monoisotopic (exact) mass is 261 g/mol. The van der Waals surface area contributed by atoms with Crippen LogP contribution in [0.1, 0.15) is 19.0 Å². The summed E-state index contributed by atoms with van der Waals surface area (Å²) >= 11 is 0. The van der Waals surface area contributed by atoms with Crippen molar-refractivity contribution < 1.29 is 4.74 Å². The van der Waals surface area contributed by atoms with Crippen LogP contribution in [0.15, 0.2) is 18.5 Å². The van der Waals surface area contributed by atoms with E-state index in [4.69, 9.17) is 4.74 Å². The number of aromatic nitrogens is 4.